The number of amides is 2. The molecule has 0 radical (unpaired) electrons. The molecule has 0 N–H and O–H groups in total. The van der Waals surface area contributed by atoms with Crippen molar-refractivity contribution in [3.63, 3.8) is 0 Å². The number of methoxy groups -OCH3 is 3. The van der Waals surface area contributed by atoms with Crippen LogP contribution in [0.25, 0.3) is 0 Å². The van der Waals surface area contributed by atoms with E-state index < -0.39 is 5.60 Å². The van der Waals surface area contributed by atoms with E-state index in [-0.39, 0.29) is 11.8 Å². The molecule has 1 heterocycles. The van der Waals surface area contributed by atoms with Crippen LogP contribution in [0.4, 0.5) is 0 Å². The van der Waals surface area contributed by atoms with Gasteiger partial charge >= 0.3 is 0 Å². The third kappa shape index (κ3) is 5.45. The highest BCUT2D eigenvalue weighted by molar-refractivity contribution is 6.30. The van der Waals surface area contributed by atoms with Crippen LogP contribution in [0.2, 0.25) is 5.02 Å². The molecule has 178 valence electrons. The van der Waals surface area contributed by atoms with Gasteiger partial charge in [0.1, 0.15) is 5.75 Å². The molecule has 2 amide bonds. The average molecular weight is 477 g/mol. The Bertz CT molecular complexity index is 976. The summed E-state index contributed by atoms with van der Waals surface area (Å²) in [6.07, 6.45) is 0. The molecular formula is C24H29ClN2O6. The van der Waals surface area contributed by atoms with E-state index in [0.717, 1.165) is 0 Å². The second-order valence-electron chi connectivity index (χ2n) is 8.06. The number of hydrogen-bond acceptors (Lipinski definition) is 6. The largest absolute Gasteiger partial charge is 0.493 e. The maximum Gasteiger partial charge on any atom is 0.266 e. The fourth-order valence-electron chi connectivity index (χ4n) is 3.72. The third-order valence-corrected chi connectivity index (χ3v) is 5.72. The second kappa shape index (κ2) is 10.2. The summed E-state index contributed by atoms with van der Waals surface area (Å²) in [6.45, 7) is 5.08. The Balaban J connectivity index is 1.66. The summed E-state index contributed by atoms with van der Waals surface area (Å²) in [5.74, 6) is 1.50. The number of hydrogen-bond donors (Lipinski definition) is 0. The molecular weight excluding hydrogens is 448 g/mol. The van der Waals surface area contributed by atoms with Crippen LogP contribution in [0.5, 0.6) is 23.0 Å². The summed E-state index contributed by atoms with van der Waals surface area (Å²) in [5.41, 5.74) is -0.632. The normalized spacial score (nSPS) is 14.0. The molecule has 0 aliphatic carbocycles. The number of ether oxygens (including phenoxy) is 4. The first-order valence-corrected chi connectivity index (χ1v) is 10.9. The van der Waals surface area contributed by atoms with Crippen molar-refractivity contribution in [1.29, 1.82) is 0 Å². The molecule has 0 bridgehead atoms. The van der Waals surface area contributed by atoms with E-state index in [1.165, 1.54) is 21.3 Å². The molecule has 3 rings (SSSR count). The summed E-state index contributed by atoms with van der Waals surface area (Å²) in [6, 6.07) is 10.1. The Kier molecular flexibility index (Phi) is 7.58. The Hall–Kier alpha value is -3.13. The number of benzene rings is 2. The van der Waals surface area contributed by atoms with E-state index in [1.54, 1.807) is 60.0 Å². The van der Waals surface area contributed by atoms with Crippen molar-refractivity contribution in [1.82, 2.24) is 9.80 Å². The van der Waals surface area contributed by atoms with Gasteiger partial charge in [0.2, 0.25) is 5.75 Å². The minimum Gasteiger partial charge on any atom is -0.493 e. The van der Waals surface area contributed by atoms with Gasteiger partial charge in [0.05, 0.1) is 21.3 Å². The molecule has 8 nitrogen and oxygen atoms in total. The van der Waals surface area contributed by atoms with Crippen LogP contribution in [0.1, 0.15) is 24.2 Å². The zero-order chi connectivity index (χ0) is 24.2. The van der Waals surface area contributed by atoms with Gasteiger partial charge in [-0.3, -0.25) is 9.59 Å². The van der Waals surface area contributed by atoms with Crippen molar-refractivity contribution in [3.05, 3.63) is 47.0 Å². The summed E-state index contributed by atoms with van der Waals surface area (Å²) >= 11 is 5.92. The molecule has 0 aromatic heterocycles. The van der Waals surface area contributed by atoms with E-state index in [1.807, 2.05) is 0 Å². The molecule has 2 aromatic carbocycles. The van der Waals surface area contributed by atoms with Crippen molar-refractivity contribution in [2.75, 3.05) is 47.5 Å². The second-order valence-corrected chi connectivity index (χ2v) is 8.50. The van der Waals surface area contributed by atoms with E-state index in [4.69, 9.17) is 30.5 Å². The lowest BCUT2D eigenvalue weighted by Gasteiger charge is -2.38. The molecule has 0 unspecified atom stereocenters. The fraction of sp³-hybridized carbons (Fsp3) is 0.417. The number of halogens is 1. The van der Waals surface area contributed by atoms with E-state index >= 15 is 0 Å². The number of nitrogens with zero attached hydrogens (tertiary/aromatic N) is 2. The third-order valence-electron chi connectivity index (χ3n) is 5.47. The van der Waals surface area contributed by atoms with Crippen molar-refractivity contribution in [2.45, 2.75) is 19.4 Å². The predicted molar refractivity (Wildman–Crippen MR) is 125 cm³/mol. The van der Waals surface area contributed by atoms with Gasteiger partial charge in [0.25, 0.3) is 11.8 Å². The molecule has 0 saturated carbocycles. The summed E-state index contributed by atoms with van der Waals surface area (Å²) < 4.78 is 21.9. The summed E-state index contributed by atoms with van der Waals surface area (Å²) in [4.78, 5) is 29.6. The van der Waals surface area contributed by atoms with Crippen LogP contribution >= 0.6 is 11.6 Å². The zero-order valence-corrected chi connectivity index (χ0v) is 20.3. The van der Waals surface area contributed by atoms with Gasteiger partial charge < -0.3 is 28.7 Å². The molecule has 9 heteroatoms. The molecule has 1 aliphatic heterocycles. The van der Waals surface area contributed by atoms with Gasteiger partial charge in [-0.15, -0.1) is 0 Å². The maximum atomic E-state index is 13.1. The van der Waals surface area contributed by atoms with Crippen LogP contribution in [-0.2, 0) is 4.79 Å². The standard InChI is InChI=1S/C24H29ClN2O6/c1-24(2,33-18-8-6-17(25)7-9-18)23(29)27-12-10-26(11-13-27)22(28)16-14-19(30-3)21(32-5)20(15-16)31-4/h6-9,14-15H,10-13H2,1-5H3. The number of rotatable bonds is 7. The van der Waals surface area contributed by atoms with Gasteiger partial charge in [0.15, 0.2) is 17.1 Å². The van der Waals surface area contributed by atoms with Crippen molar-refractivity contribution < 1.29 is 28.5 Å². The Morgan fingerprint density at radius 3 is 1.85 bits per heavy atom. The van der Waals surface area contributed by atoms with Crippen LogP contribution in [0.3, 0.4) is 0 Å². The first-order chi connectivity index (χ1) is 15.7. The van der Waals surface area contributed by atoms with Crippen LogP contribution in [-0.4, -0.2) is 74.7 Å². The highest BCUT2D eigenvalue weighted by atomic mass is 35.5. The fourth-order valence-corrected chi connectivity index (χ4v) is 3.85. The minimum atomic E-state index is -1.06. The van der Waals surface area contributed by atoms with Crippen molar-refractivity contribution in [3.8, 4) is 23.0 Å². The number of piperazine rings is 1. The molecule has 33 heavy (non-hydrogen) atoms. The topological polar surface area (TPSA) is 77.5 Å². The Morgan fingerprint density at radius 1 is 0.848 bits per heavy atom. The van der Waals surface area contributed by atoms with Gasteiger partial charge in [-0.1, -0.05) is 11.6 Å². The van der Waals surface area contributed by atoms with Crippen molar-refractivity contribution >= 4 is 23.4 Å². The number of carbonyl (C=O) groups is 2. The molecule has 2 aromatic rings. The van der Waals surface area contributed by atoms with Crippen LogP contribution in [0.15, 0.2) is 36.4 Å². The highest BCUT2D eigenvalue weighted by Crippen LogP contribution is 2.38. The Labute approximate surface area is 198 Å². The van der Waals surface area contributed by atoms with E-state index in [0.29, 0.717) is 59.8 Å². The van der Waals surface area contributed by atoms with E-state index in [2.05, 4.69) is 0 Å². The molecule has 1 fully saturated rings. The maximum absolute atomic E-state index is 13.1. The zero-order valence-electron chi connectivity index (χ0n) is 19.5. The lowest BCUT2D eigenvalue weighted by Crippen LogP contribution is -2.56. The molecule has 0 spiro atoms. The van der Waals surface area contributed by atoms with Gasteiger partial charge in [-0.2, -0.15) is 0 Å². The minimum absolute atomic E-state index is 0.141. The molecule has 0 atom stereocenters. The number of carbonyl (C=O) groups excluding carboxylic acids is 2. The van der Waals surface area contributed by atoms with Crippen LogP contribution < -0.4 is 18.9 Å². The van der Waals surface area contributed by atoms with E-state index in [9.17, 15) is 9.59 Å². The lowest BCUT2D eigenvalue weighted by atomic mass is 10.1. The SMILES string of the molecule is COc1cc(C(=O)N2CCN(C(=O)C(C)(C)Oc3ccc(Cl)cc3)CC2)cc(OC)c1OC. The molecule has 1 aliphatic rings. The highest BCUT2D eigenvalue weighted by Gasteiger charge is 2.36. The Morgan fingerprint density at radius 2 is 1.36 bits per heavy atom. The summed E-state index contributed by atoms with van der Waals surface area (Å²) in [5, 5.41) is 0.597. The smallest absolute Gasteiger partial charge is 0.266 e. The van der Waals surface area contributed by atoms with Crippen molar-refractivity contribution in [2.24, 2.45) is 0 Å². The predicted octanol–water partition coefficient (Wildman–Crippen LogP) is 3.51. The summed E-state index contributed by atoms with van der Waals surface area (Å²) in [7, 11) is 4.52. The van der Waals surface area contributed by atoms with Gasteiger partial charge in [-0.25, -0.2) is 0 Å². The quantitative estimate of drug-likeness (QED) is 0.608. The average Bonchev–Trinajstić information content (AvgIpc) is 2.83. The first kappa shape index (κ1) is 24.5. The van der Waals surface area contributed by atoms with Gasteiger partial charge in [-0.05, 0) is 50.2 Å². The molecule has 1 saturated heterocycles. The van der Waals surface area contributed by atoms with Crippen LogP contribution in [0, 0.1) is 0 Å². The van der Waals surface area contributed by atoms with Gasteiger partial charge in [0, 0.05) is 36.8 Å². The first-order valence-electron chi connectivity index (χ1n) is 10.5. The lowest BCUT2D eigenvalue weighted by molar-refractivity contribution is -0.147. The monoisotopic (exact) mass is 476 g/mol.